The molecule has 2 heterocycles. The molecule has 0 fully saturated rings. The number of aromatic amines is 1. The van der Waals surface area contributed by atoms with Gasteiger partial charge in [0.1, 0.15) is 0 Å². The number of carbonyl (C=O) groups excluding carboxylic acids is 2. The second kappa shape index (κ2) is 8.25. The summed E-state index contributed by atoms with van der Waals surface area (Å²) in [5, 5.41) is 7.28. The van der Waals surface area contributed by atoms with Crippen molar-refractivity contribution in [2.75, 3.05) is 4.90 Å². The van der Waals surface area contributed by atoms with E-state index in [0.29, 0.717) is 12.1 Å². The molecular formula is C29H22N4O2. The van der Waals surface area contributed by atoms with Crippen molar-refractivity contribution in [2.45, 2.75) is 13.5 Å². The number of nitrogens with one attached hydrogen (secondary N) is 2. The maximum Gasteiger partial charge on any atom is 0.271 e. The lowest BCUT2D eigenvalue weighted by Gasteiger charge is -2.18. The number of rotatable bonds is 5. The largest absolute Gasteiger partial charge is 0.358 e. The van der Waals surface area contributed by atoms with Crippen LogP contribution in [-0.2, 0) is 6.54 Å². The Labute approximate surface area is 201 Å². The van der Waals surface area contributed by atoms with E-state index in [1.165, 1.54) is 0 Å². The van der Waals surface area contributed by atoms with Crippen LogP contribution in [0, 0.1) is 6.92 Å². The molecule has 5 aromatic rings. The fourth-order valence-corrected chi connectivity index (χ4v) is 4.76. The van der Waals surface area contributed by atoms with Gasteiger partial charge in [-0.15, -0.1) is 0 Å². The van der Waals surface area contributed by atoms with Gasteiger partial charge in [0.2, 0.25) is 0 Å². The van der Waals surface area contributed by atoms with Gasteiger partial charge in [-0.3, -0.25) is 9.59 Å². The lowest BCUT2D eigenvalue weighted by atomic mass is 10.1. The normalized spacial score (nSPS) is 12.8. The molecule has 2 amide bonds. The van der Waals surface area contributed by atoms with Crippen molar-refractivity contribution in [3.8, 4) is 0 Å². The van der Waals surface area contributed by atoms with E-state index in [1.807, 2.05) is 79.7 Å². The second-order valence-corrected chi connectivity index (χ2v) is 8.68. The molecule has 170 valence electrons. The Morgan fingerprint density at radius 3 is 2.57 bits per heavy atom. The third-order valence-electron chi connectivity index (χ3n) is 6.51. The molecule has 2 N–H and O–H groups in total. The average Bonchev–Trinajstić information content (AvgIpc) is 3.35. The average molecular weight is 459 g/mol. The number of fused-ring (bicyclic) bond motifs is 1. The molecule has 0 saturated heterocycles. The number of H-pyrrole nitrogens is 1. The monoisotopic (exact) mass is 458 g/mol. The number of hydrogen-bond acceptors (Lipinski definition) is 3. The van der Waals surface area contributed by atoms with Gasteiger partial charge in [-0.1, -0.05) is 54.6 Å². The molecule has 0 bridgehead atoms. The summed E-state index contributed by atoms with van der Waals surface area (Å²) in [4.78, 5) is 30.7. The van der Waals surface area contributed by atoms with Crippen LogP contribution in [0.3, 0.4) is 0 Å². The SMILES string of the molecule is Cc1[nH]c2ccccc2c1/C=N/NC(=O)c1ccc(CN2C(=O)c3cccc4cccc2c34)cc1. The zero-order valence-electron chi connectivity index (χ0n) is 19.1. The Kier molecular flexibility index (Phi) is 4.92. The number of nitrogens with zero attached hydrogens (tertiary/aromatic N) is 2. The molecule has 0 aliphatic carbocycles. The maximum atomic E-state index is 13.0. The molecule has 4 aromatic carbocycles. The van der Waals surface area contributed by atoms with Gasteiger partial charge in [-0.2, -0.15) is 5.10 Å². The van der Waals surface area contributed by atoms with Crippen molar-refractivity contribution in [3.05, 3.63) is 113 Å². The Bertz CT molecular complexity index is 1640. The second-order valence-electron chi connectivity index (χ2n) is 8.68. The van der Waals surface area contributed by atoms with Crippen molar-refractivity contribution < 1.29 is 9.59 Å². The van der Waals surface area contributed by atoms with Crippen molar-refractivity contribution in [1.82, 2.24) is 10.4 Å². The number of carbonyl (C=O) groups is 2. The van der Waals surface area contributed by atoms with E-state index in [-0.39, 0.29) is 11.8 Å². The minimum Gasteiger partial charge on any atom is -0.358 e. The van der Waals surface area contributed by atoms with Crippen molar-refractivity contribution in [3.63, 3.8) is 0 Å². The highest BCUT2D eigenvalue weighted by Gasteiger charge is 2.29. The first-order valence-electron chi connectivity index (χ1n) is 11.4. The van der Waals surface area contributed by atoms with Crippen LogP contribution < -0.4 is 10.3 Å². The minimum absolute atomic E-state index is 0.000492. The third kappa shape index (κ3) is 3.56. The summed E-state index contributed by atoms with van der Waals surface area (Å²) in [5.41, 5.74) is 8.67. The molecule has 0 spiro atoms. The van der Waals surface area contributed by atoms with E-state index in [0.717, 1.165) is 49.7 Å². The van der Waals surface area contributed by atoms with E-state index < -0.39 is 0 Å². The number of amides is 2. The lowest BCUT2D eigenvalue weighted by Crippen LogP contribution is -2.26. The lowest BCUT2D eigenvalue weighted by molar-refractivity contribution is 0.0953. The van der Waals surface area contributed by atoms with Crippen LogP contribution in [0.1, 0.15) is 37.5 Å². The van der Waals surface area contributed by atoms with Crippen LogP contribution >= 0.6 is 0 Å². The highest BCUT2D eigenvalue weighted by atomic mass is 16.2. The summed E-state index contributed by atoms with van der Waals surface area (Å²) in [6.45, 7) is 2.42. The third-order valence-corrected chi connectivity index (χ3v) is 6.51. The summed E-state index contributed by atoms with van der Waals surface area (Å²) in [5.74, 6) is -0.291. The van der Waals surface area contributed by atoms with Crippen molar-refractivity contribution >= 4 is 45.4 Å². The van der Waals surface area contributed by atoms with Crippen LogP contribution in [0.5, 0.6) is 0 Å². The van der Waals surface area contributed by atoms with E-state index in [2.05, 4.69) is 15.5 Å². The molecule has 1 aliphatic heterocycles. The first-order valence-corrected chi connectivity index (χ1v) is 11.4. The molecule has 35 heavy (non-hydrogen) atoms. The standard InChI is InChI=1S/C29H22N4O2/c1-18-24(22-8-2-3-10-25(22)31-18)16-30-32-28(34)21-14-12-19(13-15-21)17-33-26-11-5-7-20-6-4-9-23(27(20)26)29(33)35/h2-16,31H,17H2,1H3,(H,32,34)/b30-16+. The zero-order valence-corrected chi connectivity index (χ0v) is 19.1. The van der Waals surface area contributed by atoms with Gasteiger partial charge in [0.15, 0.2) is 0 Å². The van der Waals surface area contributed by atoms with Gasteiger partial charge in [-0.05, 0) is 48.2 Å². The van der Waals surface area contributed by atoms with Gasteiger partial charge >= 0.3 is 0 Å². The highest BCUT2D eigenvalue weighted by Crippen LogP contribution is 2.38. The van der Waals surface area contributed by atoms with Crippen molar-refractivity contribution in [2.24, 2.45) is 5.10 Å². The molecule has 6 nitrogen and oxygen atoms in total. The van der Waals surface area contributed by atoms with Crippen LogP contribution in [0.25, 0.3) is 21.7 Å². The van der Waals surface area contributed by atoms with E-state index >= 15 is 0 Å². The summed E-state index contributed by atoms with van der Waals surface area (Å²) >= 11 is 0. The molecule has 0 unspecified atom stereocenters. The van der Waals surface area contributed by atoms with Crippen molar-refractivity contribution in [1.29, 1.82) is 0 Å². The van der Waals surface area contributed by atoms with Gasteiger partial charge in [-0.25, -0.2) is 5.43 Å². The molecule has 6 rings (SSSR count). The summed E-state index contributed by atoms with van der Waals surface area (Å²) in [6.07, 6.45) is 1.66. The first kappa shape index (κ1) is 20.9. The van der Waals surface area contributed by atoms with E-state index in [4.69, 9.17) is 0 Å². The van der Waals surface area contributed by atoms with Gasteiger partial charge in [0.25, 0.3) is 11.8 Å². The number of aromatic nitrogens is 1. The molecule has 0 saturated carbocycles. The quantitative estimate of drug-likeness (QED) is 0.267. The Morgan fingerprint density at radius 2 is 1.74 bits per heavy atom. The Hall–Kier alpha value is -4.71. The molecule has 1 aliphatic rings. The molecule has 1 aromatic heterocycles. The number of anilines is 1. The van der Waals surface area contributed by atoms with E-state index in [1.54, 1.807) is 23.2 Å². The smallest absolute Gasteiger partial charge is 0.271 e. The molecule has 0 atom stereocenters. The van der Waals surface area contributed by atoms with Crippen LogP contribution in [0.15, 0.2) is 90.0 Å². The first-order chi connectivity index (χ1) is 17.1. The highest BCUT2D eigenvalue weighted by molar-refractivity contribution is 6.24. The summed E-state index contributed by atoms with van der Waals surface area (Å²) in [7, 11) is 0. The molecule has 0 radical (unpaired) electrons. The molecular weight excluding hydrogens is 436 g/mol. The number of benzene rings is 4. The Morgan fingerprint density at radius 1 is 0.971 bits per heavy atom. The van der Waals surface area contributed by atoms with Gasteiger partial charge < -0.3 is 9.88 Å². The Balaban J connectivity index is 1.16. The minimum atomic E-state index is -0.292. The topological polar surface area (TPSA) is 77.6 Å². The number of aryl methyl sites for hydroxylation is 1. The van der Waals surface area contributed by atoms with Crippen LogP contribution in [0.4, 0.5) is 5.69 Å². The van der Waals surface area contributed by atoms with Gasteiger partial charge in [0.05, 0.1) is 18.4 Å². The number of para-hydroxylation sites is 1. The molecule has 6 heteroatoms. The van der Waals surface area contributed by atoms with E-state index in [9.17, 15) is 9.59 Å². The fraction of sp³-hybridized carbons (Fsp3) is 0.0690. The number of hydrogen-bond donors (Lipinski definition) is 2. The van der Waals surface area contributed by atoms with Gasteiger partial charge in [0, 0.05) is 38.7 Å². The predicted molar refractivity (Wildman–Crippen MR) is 139 cm³/mol. The van der Waals surface area contributed by atoms with Crippen LogP contribution in [0.2, 0.25) is 0 Å². The predicted octanol–water partition coefficient (Wildman–Crippen LogP) is 5.55. The summed E-state index contributed by atoms with van der Waals surface area (Å²) < 4.78 is 0. The number of hydrazone groups is 1. The zero-order chi connectivity index (χ0) is 23.9. The van der Waals surface area contributed by atoms with Crippen LogP contribution in [-0.4, -0.2) is 23.0 Å². The summed E-state index contributed by atoms with van der Waals surface area (Å²) in [6, 6.07) is 27.0. The maximum absolute atomic E-state index is 13.0. The fourth-order valence-electron chi connectivity index (χ4n) is 4.76.